The van der Waals surface area contributed by atoms with Crippen molar-refractivity contribution in [2.24, 2.45) is 10.7 Å². The van der Waals surface area contributed by atoms with Gasteiger partial charge in [0.2, 0.25) is 0 Å². The lowest BCUT2D eigenvalue weighted by Crippen LogP contribution is -2.04. The molecule has 3 N–H and O–H groups in total. The van der Waals surface area contributed by atoms with Gasteiger partial charge in [-0.15, -0.1) is 0 Å². The Morgan fingerprint density at radius 2 is 2.33 bits per heavy atom. The van der Waals surface area contributed by atoms with Crippen molar-refractivity contribution >= 4 is 11.7 Å². The molecule has 0 unspecified atom stereocenters. The van der Waals surface area contributed by atoms with Gasteiger partial charge in [-0.3, -0.25) is 5.10 Å². The summed E-state index contributed by atoms with van der Waals surface area (Å²) in [5.74, 6) is 1.73. The summed E-state index contributed by atoms with van der Waals surface area (Å²) in [6.07, 6.45) is 1.78. The molecule has 0 bridgehead atoms. The first-order valence-corrected chi connectivity index (χ1v) is 3.95. The molecule has 4 nitrogen and oxygen atoms in total. The minimum Gasteiger partial charge on any atom is -0.387 e. The maximum absolute atomic E-state index is 5.45. The van der Waals surface area contributed by atoms with E-state index in [4.69, 9.17) is 5.73 Å². The number of nitrogens with zero attached hydrogens (tertiary/aromatic N) is 2. The number of hydrogen-bond acceptors (Lipinski definition) is 2. The van der Waals surface area contributed by atoms with Crippen LogP contribution in [0.3, 0.4) is 0 Å². The maximum Gasteiger partial charge on any atom is 0.153 e. The van der Waals surface area contributed by atoms with E-state index < -0.39 is 0 Å². The monoisotopic (exact) mass is 166 g/mol. The maximum atomic E-state index is 5.45. The van der Waals surface area contributed by atoms with E-state index in [1.54, 1.807) is 13.1 Å². The lowest BCUT2D eigenvalue weighted by Gasteiger charge is -2.01. The average molecular weight is 166 g/mol. The molecule has 0 aliphatic carbocycles. The summed E-state index contributed by atoms with van der Waals surface area (Å²) < 4.78 is 0. The molecule has 1 rings (SSSR count). The highest BCUT2D eigenvalue weighted by molar-refractivity contribution is 5.80. The van der Waals surface area contributed by atoms with Gasteiger partial charge in [-0.25, -0.2) is 4.99 Å². The molecule has 66 valence electrons. The van der Waals surface area contributed by atoms with E-state index in [1.165, 1.54) is 0 Å². The Labute approximate surface area is 71.9 Å². The van der Waals surface area contributed by atoms with E-state index in [2.05, 4.69) is 29.0 Å². The minimum atomic E-state index is 0.418. The van der Waals surface area contributed by atoms with Gasteiger partial charge in [0.1, 0.15) is 0 Å². The van der Waals surface area contributed by atoms with Crippen LogP contribution < -0.4 is 5.73 Å². The van der Waals surface area contributed by atoms with Crippen LogP contribution in [0.25, 0.3) is 0 Å². The van der Waals surface area contributed by atoms with E-state index in [-0.39, 0.29) is 0 Å². The molecule has 0 aliphatic heterocycles. The highest BCUT2D eigenvalue weighted by Gasteiger charge is 2.07. The smallest absolute Gasteiger partial charge is 0.153 e. The van der Waals surface area contributed by atoms with Crippen molar-refractivity contribution in [3.63, 3.8) is 0 Å². The van der Waals surface area contributed by atoms with Gasteiger partial charge in [0.05, 0.1) is 12.0 Å². The molecule has 4 heteroatoms. The van der Waals surface area contributed by atoms with Crippen LogP contribution in [0.4, 0.5) is 5.82 Å². The molecule has 0 radical (unpaired) electrons. The average Bonchev–Trinajstić information content (AvgIpc) is 2.33. The standard InChI is InChI=1S/C8H14N4/c1-5(2)7-4-10-12-8(7)11-6(3)9/h4-5H,1-3H3,(H3,9,10,11,12). The lowest BCUT2D eigenvalue weighted by molar-refractivity contribution is 0.868. The van der Waals surface area contributed by atoms with Crippen molar-refractivity contribution in [2.45, 2.75) is 26.7 Å². The van der Waals surface area contributed by atoms with E-state index in [0.717, 1.165) is 11.4 Å². The SMILES string of the molecule is C/C(N)=N/c1[nH]ncc1C(C)C. The van der Waals surface area contributed by atoms with E-state index in [1.807, 2.05) is 0 Å². The summed E-state index contributed by atoms with van der Waals surface area (Å²) in [4.78, 5) is 4.12. The summed E-state index contributed by atoms with van der Waals surface area (Å²) in [5, 5.41) is 6.71. The quantitative estimate of drug-likeness (QED) is 0.517. The Balaban J connectivity index is 3.00. The molecular formula is C8H14N4. The predicted octanol–water partition coefficient (Wildman–Crippen LogP) is 1.54. The zero-order valence-electron chi connectivity index (χ0n) is 7.63. The third-order valence-corrected chi connectivity index (χ3v) is 1.56. The van der Waals surface area contributed by atoms with Crippen LogP contribution in [-0.4, -0.2) is 16.0 Å². The third-order valence-electron chi connectivity index (χ3n) is 1.56. The highest BCUT2D eigenvalue weighted by Crippen LogP contribution is 2.23. The normalized spacial score (nSPS) is 12.5. The van der Waals surface area contributed by atoms with Gasteiger partial charge in [-0.1, -0.05) is 13.8 Å². The molecule has 1 aromatic rings. The largest absolute Gasteiger partial charge is 0.387 e. The second-order valence-electron chi connectivity index (χ2n) is 3.08. The molecule has 0 amide bonds. The Kier molecular flexibility index (Phi) is 2.47. The van der Waals surface area contributed by atoms with Crippen molar-refractivity contribution in [1.29, 1.82) is 0 Å². The van der Waals surface area contributed by atoms with E-state index in [0.29, 0.717) is 11.8 Å². The first kappa shape index (κ1) is 8.77. The fraction of sp³-hybridized carbons (Fsp3) is 0.500. The number of H-pyrrole nitrogens is 1. The van der Waals surface area contributed by atoms with Gasteiger partial charge >= 0.3 is 0 Å². The summed E-state index contributed by atoms with van der Waals surface area (Å²) in [7, 11) is 0. The summed E-state index contributed by atoms with van der Waals surface area (Å²) in [6.45, 7) is 5.94. The Morgan fingerprint density at radius 1 is 1.67 bits per heavy atom. The molecule has 0 aliphatic rings. The number of aromatic nitrogens is 2. The highest BCUT2D eigenvalue weighted by atomic mass is 15.2. The molecule has 0 aromatic carbocycles. The third kappa shape index (κ3) is 1.84. The van der Waals surface area contributed by atoms with Crippen LogP contribution in [0.15, 0.2) is 11.2 Å². The van der Waals surface area contributed by atoms with E-state index in [9.17, 15) is 0 Å². The molecule has 0 atom stereocenters. The molecular weight excluding hydrogens is 152 g/mol. The topological polar surface area (TPSA) is 67.1 Å². The molecule has 0 saturated carbocycles. The second kappa shape index (κ2) is 3.38. The molecule has 1 aromatic heterocycles. The van der Waals surface area contributed by atoms with Crippen molar-refractivity contribution in [3.8, 4) is 0 Å². The zero-order chi connectivity index (χ0) is 9.14. The first-order chi connectivity index (χ1) is 5.61. The fourth-order valence-electron chi connectivity index (χ4n) is 0.977. The second-order valence-corrected chi connectivity index (χ2v) is 3.08. The van der Waals surface area contributed by atoms with Gasteiger partial charge in [0, 0.05) is 5.56 Å². The number of hydrogen-bond donors (Lipinski definition) is 2. The van der Waals surface area contributed by atoms with Crippen LogP contribution >= 0.6 is 0 Å². The molecule has 0 fully saturated rings. The number of nitrogens with one attached hydrogen (secondary N) is 1. The molecule has 12 heavy (non-hydrogen) atoms. The van der Waals surface area contributed by atoms with Crippen molar-refractivity contribution in [1.82, 2.24) is 10.2 Å². The Morgan fingerprint density at radius 3 is 2.83 bits per heavy atom. The van der Waals surface area contributed by atoms with Crippen LogP contribution in [-0.2, 0) is 0 Å². The lowest BCUT2D eigenvalue weighted by atomic mass is 10.1. The fourth-order valence-corrected chi connectivity index (χ4v) is 0.977. The van der Waals surface area contributed by atoms with Crippen molar-refractivity contribution in [2.75, 3.05) is 0 Å². The van der Waals surface area contributed by atoms with Gasteiger partial charge in [0.15, 0.2) is 5.82 Å². The minimum absolute atomic E-state index is 0.418. The van der Waals surface area contributed by atoms with Crippen LogP contribution in [0.5, 0.6) is 0 Å². The molecule has 0 saturated heterocycles. The van der Waals surface area contributed by atoms with Crippen LogP contribution in [0.2, 0.25) is 0 Å². The van der Waals surface area contributed by atoms with Crippen molar-refractivity contribution in [3.05, 3.63) is 11.8 Å². The van der Waals surface area contributed by atoms with Gasteiger partial charge in [-0.2, -0.15) is 5.10 Å². The number of amidine groups is 1. The summed E-state index contributed by atoms with van der Waals surface area (Å²) in [6, 6.07) is 0. The first-order valence-electron chi connectivity index (χ1n) is 3.95. The molecule has 1 heterocycles. The summed E-state index contributed by atoms with van der Waals surface area (Å²) in [5.41, 5.74) is 6.55. The van der Waals surface area contributed by atoms with Gasteiger partial charge < -0.3 is 5.73 Å². The number of aliphatic imine (C=N–C) groups is 1. The zero-order valence-corrected chi connectivity index (χ0v) is 7.63. The van der Waals surface area contributed by atoms with Crippen molar-refractivity contribution < 1.29 is 0 Å². The number of aromatic amines is 1. The van der Waals surface area contributed by atoms with Gasteiger partial charge in [-0.05, 0) is 12.8 Å². The Hall–Kier alpha value is -1.32. The Bertz CT molecular complexity index is 281. The van der Waals surface area contributed by atoms with E-state index >= 15 is 0 Å². The van der Waals surface area contributed by atoms with Gasteiger partial charge in [0.25, 0.3) is 0 Å². The number of rotatable bonds is 2. The van der Waals surface area contributed by atoms with Crippen LogP contribution in [0, 0.1) is 0 Å². The predicted molar refractivity (Wildman–Crippen MR) is 49.6 cm³/mol. The summed E-state index contributed by atoms with van der Waals surface area (Å²) >= 11 is 0. The van der Waals surface area contributed by atoms with Crippen LogP contribution in [0.1, 0.15) is 32.3 Å². The number of nitrogens with two attached hydrogens (primary N) is 1. The molecule has 0 spiro atoms.